The number of carbonyl (C=O) groups excluding carboxylic acids is 2. The van der Waals surface area contributed by atoms with Gasteiger partial charge in [-0.25, -0.2) is 9.18 Å². The van der Waals surface area contributed by atoms with Gasteiger partial charge in [0.15, 0.2) is 18.2 Å². The van der Waals surface area contributed by atoms with Crippen molar-refractivity contribution in [2.75, 3.05) is 13.2 Å². The van der Waals surface area contributed by atoms with Gasteiger partial charge in [-0.1, -0.05) is 39.8 Å². The van der Waals surface area contributed by atoms with Crippen LogP contribution in [0.15, 0.2) is 24.8 Å². The van der Waals surface area contributed by atoms with Crippen molar-refractivity contribution in [3.63, 3.8) is 0 Å². The third-order valence-corrected chi connectivity index (χ3v) is 11.2. The number of carbonyl (C=O) groups is 2. The number of aliphatic hydroxyl groups is 1. The summed E-state index contributed by atoms with van der Waals surface area (Å²) in [5, 5.41) is 21.8. The van der Waals surface area contributed by atoms with E-state index in [0.29, 0.717) is 24.8 Å². The van der Waals surface area contributed by atoms with E-state index < -0.39 is 54.7 Å². The maximum Gasteiger partial charge on any atom is 0.495 e. The van der Waals surface area contributed by atoms with Crippen LogP contribution in [0, 0.1) is 39.8 Å². The lowest BCUT2D eigenvalue weighted by Gasteiger charge is -2.61. The number of hydrogen-bond donors (Lipinski definition) is 3. The zero-order valence-electron chi connectivity index (χ0n) is 24.2. The molecule has 2 bridgehead atoms. The minimum absolute atomic E-state index is 0. The van der Waals surface area contributed by atoms with Crippen molar-refractivity contribution in [2.24, 2.45) is 39.7 Å². The van der Waals surface area contributed by atoms with Gasteiger partial charge in [0.05, 0.1) is 12.2 Å². The van der Waals surface area contributed by atoms with Crippen LogP contribution >= 0.6 is 12.4 Å². The highest BCUT2D eigenvalue weighted by molar-refractivity contribution is 6.62. The monoisotopic (exact) mass is 593 g/mol. The first-order valence-electron chi connectivity index (χ1n) is 14.4. The summed E-state index contributed by atoms with van der Waals surface area (Å²) in [6, 6.07) is 2.94. The minimum atomic E-state index is -1.48. The van der Waals surface area contributed by atoms with E-state index in [2.05, 4.69) is 27.4 Å². The number of fused-ring (bicyclic) bond motifs is 1. The van der Waals surface area contributed by atoms with Gasteiger partial charge in [-0.15, -0.1) is 19.0 Å². The summed E-state index contributed by atoms with van der Waals surface area (Å²) >= 11 is 0. The maximum absolute atomic E-state index is 15.2. The number of halogens is 2. The van der Waals surface area contributed by atoms with E-state index in [4.69, 9.17) is 19.9 Å². The largest absolute Gasteiger partial charge is 0.495 e. The third-order valence-electron chi connectivity index (χ3n) is 11.2. The highest BCUT2D eigenvalue weighted by Crippen LogP contribution is 2.68. The molecule has 3 fully saturated rings. The maximum atomic E-state index is 15.2. The van der Waals surface area contributed by atoms with Crippen LogP contribution in [0.4, 0.5) is 4.39 Å². The molecular formula is C30H42BClFNO7. The number of aliphatic hydroxyl groups excluding tert-OH is 1. The van der Waals surface area contributed by atoms with Gasteiger partial charge in [-0.2, -0.15) is 0 Å². The molecule has 3 saturated carbocycles. The second kappa shape index (κ2) is 11.3. The Kier molecular flexibility index (Phi) is 8.78. The molecule has 1 aromatic rings. The summed E-state index contributed by atoms with van der Waals surface area (Å²) in [6.45, 7) is 11.7. The summed E-state index contributed by atoms with van der Waals surface area (Å²) < 4.78 is 32.2. The highest BCUT2D eigenvalue weighted by Gasteiger charge is 2.68. The Labute approximate surface area is 247 Å². The predicted octanol–water partition coefficient (Wildman–Crippen LogP) is 3.25. The molecule has 0 saturated heterocycles. The van der Waals surface area contributed by atoms with E-state index in [1.165, 1.54) is 6.07 Å². The zero-order valence-corrected chi connectivity index (χ0v) is 25.0. The summed E-state index contributed by atoms with van der Waals surface area (Å²) in [4.78, 5) is 26.8. The molecule has 4 aliphatic rings. The number of Topliss-reactive ketones (excluding diaryl/α,β-unsaturated/α-hetero) is 1. The molecule has 226 valence electrons. The van der Waals surface area contributed by atoms with Crippen molar-refractivity contribution in [3.8, 4) is 5.75 Å². The van der Waals surface area contributed by atoms with E-state index in [1.54, 1.807) is 12.1 Å². The van der Waals surface area contributed by atoms with Crippen molar-refractivity contribution in [1.29, 1.82) is 0 Å². The van der Waals surface area contributed by atoms with Gasteiger partial charge in [0, 0.05) is 35.2 Å². The second-order valence-corrected chi connectivity index (χ2v) is 12.9. The molecule has 4 N–H and O–H groups in total. The first-order valence-corrected chi connectivity index (χ1v) is 14.4. The average molecular weight is 594 g/mol. The van der Waals surface area contributed by atoms with Crippen molar-refractivity contribution < 1.29 is 38.2 Å². The molecule has 11 heteroatoms. The number of ketones is 1. The van der Waals surface area contributed by atoms with Gasteiger partial charge in [-0.05, 0) is 54.6 Å². The lowest BCUT2D eigenvalue weighted by atomic mass is 9.44. The van der Waals surface area contributed by atoms with Gasteiger partial charge in [0.1, 0.15) is 11.9 Å². The predicted molar refractivity (Wildman–Crippen MR) is 154 cm³/mol. The highest BCUT2D eigenvalue weighted by atomic mass is 35.5. The van der Waals surface area contributed by atoms with Gasteiger partial charge < -0.3 is 30.0 Å². The first-order chi connectivity index (χ1) is 18.8. The number of benzene rings is 1. The van der Waals surface area contributed by atoms with Crippen LogP contribution in [0.25, 0.3) is 0 Å². The van der Waals surface area contributed by atoms with E-state index in [9.17, 15) is 19.7 Å². The number of ether oxygens (including phenoxy) is 2. The Balaban J connectivity index is 0.00000387. The van der Waals surface area contributed by atoms with Gasteiger partial charge in [0.25, 0.3) is 0 Å². The molecule has 5 rings (SSSR count). The summed E-state index contributed by atoms with van der Waals surface area (Å²) in [7, 11) is -1.48. The fourth-order valence-electron chi connectivity index (χ4n) is 8.54. The van der Waals surface area contributed by atoms with Crippen LogP contribution in [0.3, 0.4) is 0 Å². The average Bonchev–Trinajstić information content (AvgIpc) is 3.46. The molecule has 3 aliphatic carbocycles. The SMILES string of the molecule is C=C[C@]1(C)C[C@@H](OC(=O)COc2ccc3c(c2F)B(O)OC3CN)[C@]2(C)[C@H](C)CC[C@]3(CCC(=O)[C@H]32)[C@@H](C)[C@@H]1O.Cl. The number of rotatable bonds is 6. The Hall–Kier alpha value is -1.98. The molecule has 8 nitrogen and oxygen atoms in total. The van der Waals surface area contributed by atoms with E-state index in [-0.39, 0.29) is 59.1 Å². The van der Waals surface area contributed by atoms with Crippen molar-refractivity contribution >= 4 is 36.7 Å². The van der Waals surface area contributed by atoms with Gasteiger partial charge in [-0.3, -0.25) is 4.79 Å². The van der Waals surface area contributed by atoms with Crippen LogP contribution in [-0.2, 0) is 19.0 Å². The smallest absolute Gasteiger partial charge is 0.479 e. The molecule has 1 aromatic carbocycles. The zero-order chi connectivity index (χ0) is 29.2. The minimum Gasteiger partial charge on any atom is -0.479 e. The van der Waals surface area contributed by atoms with Crippen LogP contribution < -0.4 is 15.9 Å². The Bertz CT molecular complexity index is 1220. The molecule has 0 aromatic heterocycles. The Morgan fingerprint density at radius 3 is 2.68 bits per heavy atom. The van der Waals surface area contributed by atoms with Crippen LogP contribution in [0.1, 0.15) is 71.5 Å². The van der Waals surface area contributed by atoms with E-state index in [0.717, 1.165) is 12.8 Å². The van der Waals surface area contributed by atoms with Crippen LogP contribution in [0.2, 0.25) is 0 Å². The molecule has 0 radical (unpaired) electrons. The quantitative estimate of drug-likeness (QED) is 0.261. The summed E-state index contributed by atoms with van der Waals surface area (Å²) in [6.07, 6.45) is 2.83. The molecule has 41 heavy (non-hydrogen) atoms. The van der Waals surface area contributed by atoms with E-state index in [1.807, 2.05) is 6.92 Å². The topological polar surface area (TPSA) is 128 Å². The van der Waals surface area contributed by atoms with Crippen LogP contribution in [0.5, 0.6) is 5.75 Å². The van der Waals surface area contributed by atoms with E-state index >= 15 is 4.39 Å². The molecule has 1 heterocycles. The summed E-state index contributed by atoms with van der Waals surface area (Å²) in [5.74, 6) is -1.93. The molecule has 9 atom stereocenters. The fourth-order valence-corrected chi connectivity index (χ4v) is 8.54. The van der Waals surface area contributed by atoms with Crippen molar-refractivity contribution in [3.05, 3.63) is 36.2 Å². The lowest BCUT2D eigenvalue weighted by Crippen LogP contribution is -2.63. The normalized spacial score (nSPS) is 39.6. The third kappa shape index (κ3) is 4.74. The Morgan fingerprint density at radius 1 is 1.32 bits per heavy atom. The van der Waals surface area contributed by atoms with Crippen molar-refractivity contribution in [2.45, 2.75) is 78.1 Å². The number of nitrogens with two attached hydrogens (primary N) is 1. The lowest BCUT2D eigenvalue weighted by molar-refractivity contribution is -0.207. The molecular weight excluding hydrogens is 552 g/mol. The van der Waals surface area contributed by atoms with Crippen LogP contribution in [-0.4, -0.2) is 54.4 Å². The number of esters is 1. The van der Waals surface area contributed by atoms with Gasteiger partial charge in [0.2, 0.25) is 0 Å². The molecule has 0 amide bonds. The number of hydrogen-bond acceptors (Lipinski definition) is 8. The standard InChI is InChI=1S/C30H41BFNO7.ClH/c1-6-28(4)13-22(29(5)16(2)9-11-30(17(3)27(28)36)12-10-19(34)26(29)30)39-23(35)15-38-20-8-7-18-21(14-33)40-31(37)24(18)25(20)32;/h6-8,16-17,21-22,26-27,36-37H,1,9-15,33H2,2-5H3;1H/t16-,17+,21?,22-,26+,27+,28-,29+,30+;/m1./s1. The summed E-state index contributed by atoms with van der Waals surface area (Å²) in [5.41, 5.74) is 4.26. The van der Waals surface area contributed by atoms with Crippen molar-refractivity contribution in [1.82, 2.24) is 0 Å². The fraction of sp³-hybridized carbons (Fsp3) is 0.667. The van der Waals surface area contributed by atoms with Gasteiger partial charge >= 0.3 is 13.1 Å². The molecule has 0 spiro atoms. The molecule has 1 unspecified atom stereocenters. The second-order valence-electron chi connectivity index (χ2n) is 12.9. The molecule has 1 aliphatic heterocycles. The first kappa shape index (κ1) is 31.9. The Morgan fingerprint density at radius 2 is 2.02 bits per heavy atom.